The van der Waals surface area contributed by atoms with Gasteiger partial charge in [-0.05, 0) is 25.5 Å². The Hall–Kier alpha value is -2.97. The molecule has 1 aliphatic heterocycles. The van der Waals surface area contributed by atoms with Crippen LogP contribution in [0.1, 0.15) is 36.1 Å². The van der Waals surface area contributed by atoms with Gasteiger partial charge in [-0.15, -0.1) is 0 Å². The molecule has 3 N–H and O–H groups in total. The summed E-state index contributed by atoms with van der Waals surface area (Å²) in [7, 11) is 2.19. The molecule has 1 saturated carbocycles. The molecule has 1 saturated heterocycles. The van der Waals surface area contributed by atoms with Crippen LogP contribution in [0.2, 0.25) is 0 Å². The summed E-state index contributed by atoms with van der Waals surface area (Å²) in [5.41, 5.74) is 2.46. The second-order valence-corrected chi connectivity index (χ2v) is 8.61. The van der Waals surface area contributed by atoms with Crippen molar-refractivity contribution >= 4 is 17.5 Å². The Morgan fingerprint density at radius 1 is 1.00 bits per heavy atom. The van der Waals surface area contributed by atoms with E-state index in [9.17, 15) is 0 Å². The highest BCUT2D eigenvalue weighted by atomic mass is 15.3. The first kappa shape index (κ1) is 20.0. The van der Waals surface area contributed by atoms with E-state index in [1.165, 1.54) is 24.1 Å². The van der Waals surface area contributed by atoms with Gasteiger partial charge in [-0.1, -0.05) is 30.3 Å². The second kappa shape index (κ2) is 9.03. The molecule has 162 valence electrons. The zero-order valence-electron chi connectivity index (χ0n) is 18.0. The lowest BCUT2D eigenvalue weighted by atomic mass is 10.1. The summed E-state index contributed by atoms with van der Waals surface area (Å²) in [4.78, 5) is 13.8. The predicted molar refractivity (Wildman–Crippen MR) is 123 cm³/mol. The van der Waals surface area contributed by atoms with E-state index in [1.54, 1.807) is 6.33 Å². The van der Waals surface area contributed by atoms with E-state index in [1.807, 2.05) is 6.07 Å². The molecular formula is C23H30N8. The van der Waals surface area contributed by atoms with E-state index in [0.717, 1.165) is 50.2 Å². The van der Waals surface area contributed by atoms with Crippen molar-refractivity contribution < 1.29 is 0 Å². The van der Waals surface area contributed by atoms with Crippen molar-refractivity contribution in [3.63, 3.8) is 0 Å². The van der Waals surface area contributed by atoms with Crippen molar-refractivity contribution in [2.75, 3.05) is 50.4 Å². The number of hydrogen-bond donors (Lipinski definition) is 3. The lowest BCUT2D eigenvalue weighted by Gasteiger charge is -2.35. The number of H-pyrrole nitrogens is 1. The molecule has 1 unspecified atom stereocenters. The number of rotatable bonds is 8. The molecule has 1 aromatic carbocycles. The van der Waals surface area contributed by atoms with E-state index in [4.69, 9.17) is 0 Å². The average molecular weight is 419 g/mol. The molecule has 5 rings (SSSR count). The number of hydrogen-bond acceptors (Lipinski definition) is 7. The van der Waals surface area contributed by atoms with Gasteiger partial charge in [0.15, 0.2) is 5.82 Å². The summed E-state index contributed by atoms with van der Waals surface area (Å²) in [6.07, 6.45) is 4.09. The van der Waals surface area contributed by atoms with E-state index in [0.29, 0.717) is 5.92 Å². The number of aromatic amines is 1. The molecule has 0 radical (unpaired) electrons. The van der Waals surface area contributed by atoms with Gasteiger partial charge in [0, 0.05) is 56.5 Å². The number of likely N-dealkylation sites (N-methyl/N-ethyl adjacent to an activating group) is 1. The minimum Gasteiger partial charge on any atom is -0.362 e. The van der Waals surface area contributed by atoms with Gasteiger partial charge in [-0.3, -0.25) is 10.00 Å². The Morgan fingerprint density at radius 3 is 2.55 bits per heavy atom. The summed E-state index contributed by atoms with van der Waals surface area (Å²) >= 11 is 0. The first-order valence-corrected chi connectivity index (χ1v) is 11.1. The van der Waals surface area contributed by atoms with Crippen molar-refractivity contribution in [2.45, 2.75) is 24.8 Å². The molecule has 31 heavy (non-hydrogen) atoms. The number of aromatic nitrogens is 4. The molecule has 8 nitrogen and oxygen atoms in total. The Labute approximate surface area is 183 Å². The fraction of sp³-hybridized carbons (Fsp3) is 0.435. The number of nitrogens with one attached hydrogen (secondary N) is 3. The molecule has 0 amide bonds. The van der Waals surface area contributed by atoms with Crippen LogP contribution in [-0.4, -0.2) is 69.7 Å². The zero-order valence-corrected chi connectivity index (χ0v) is 18.0. The van der Waals surface area contributed by atoms with Gasteiger partial charge in [-0.2, -0.15) is 5.10 Å². The molecule has 1 aliphatic carbocycles. The molecule has 1 atom stereocenters. The van der Waals surface area contributed by atoms with Crippen LogP contribution in [-0.2, 0) is 0 Å². The number of benzene rings is 1. The van der Waals surface area contributed by atoms with Gasteiger partial charge in [0.1, 0.15) is 18.0 Å². The lowest BCUT2D eigenvalue weighted by Crippen LogP contribution is -2.46. The first-order chi connectivity index (χ1) is 15.2. The fourth-order valence-corrected chi connectivity index (χ4v) is 4.03. The van der Waals surface area contributed by atoms with Crippen molar-refractivity contribution in [3.8, 4) is 0 Å². The molecule has 0 spiro atoms. The van der Waals surface area contributed by atoms with Gasteiger partial charge < -0.3 is 15.5 Å². The minimum absolute atomic E-state index is 0.152. The SMILES string of the molecule is CN1CCN(CC(Nc2cc(Nc3cc(C4CC4)[nH]n3)ncn2)c2ccccc2)CC1. The van der Waals surface area contributed by atoms with Crippen LogP contribution in [0, 0.1) is 0 Å². The van der Waals surface area contributed by atoms with Crippen LogP contribution in [0.4, 0.5) is 17.5 Å². The smallest absolute Gasteiger partial charge is 0.153 e. The summed E-state index contributed by atoms with van der Waals surface area (Å²) in [6, 6.07) is 14.8. The Bertz CT molecular complexity index is 976. The third kappa shape index (κ3) is 5.21. The highest BCUT2D eigenvalue weighted by Gasteiger charge is 2.25. The predicted octanol–water partition coefficient (Wildman–Crippen LogP) is 3.22. The Balaban J connectivity index is 1.29. The maximum atomic E-state index is 4.48. The fourth-order valence-electron chi connectivity index (χ4n) is 4.03. The van der Waals surface area contributed by atoms with E-state index in [2.05, 4.69) is 84.0 Å². The summed E-state index contributed by atoms with van der Waals surface area (Å²) < 4.78 is 0. The third-order valence-corrected chi connectivity index (χ3v) is 6.10. The molecule has 0 bridgehead atoms. The first-order valence-electron chi connectivity index (χ1n) is 11.1. The summed E-state index contributed by atoms with van der Waals surface area (Å²) in [5, 5.41) is 14.4. The lowest BCUT2D eigenvalue weighted by molar-refractivity contribution is 0.149. The Kier molecular flexibility index (Phi) is 5.82. The minimum atomic E-state index is 0.152. The standard InChI is InChI=1S/C23H30N8/c1-30-9-11-31(12-10-30)15-20(17-5-3-2-4-6-17)26-21-14-22(25-16-24-21)27-23-13-19(28-29-23)18-7-8-18/h2-6,13-14,16,18,20H,7-12,15H2,1H3,(H3,24,25,26,27,28,29). The van der Waals surface area contributed by atoms with Crippen LogP contribution in [0.15, 0.2) is 48.8 Å². The van der Waals surface area contributed by atoms with Crippen molar-refractivity contribution in [1.82, 2.24) is 30.0 Å². The largest absolute Gasteiger partial charge is 0.362 e. The van der Waals surface area contributed by atoms with E-state index >= 15 is 0 Å². The van der Waals surface area contributed by atoms with Gasteiger partial charge >= 0.3 is 0 Å². The maximum absolute atomic E-state index is 4.48. The quantitative estimate of drug-likeness (QED) is 0.518. The molecule has 8 heteroatoms. The molecule has 3 heterocycles. The number of piperazine rings is 1. The highest BCUT2D eigenvalue weighted by Crippen LogP contribution is 2.39. The van der Waals surface area contributed by atoms with E-state index < -0.39 is 0 Å². The Morgan fingerprint density at radius 2 is 1.77 bits per heavy atom. The maximum Gasteiger partial charge on any atom is 0.153 e. The van der Waals surface area contributed by atoms with E-state index in [-0.39, 0.29) is 6.04 Å². The van der Waals surface area contributed by atoms with Crippen molar-refractivity contribution in [1.29, 1.82) is 0 Å². The van der Waals surface area contributed by atoms with Crippen LogP contribution in [0.5, 0.6) is 0 Å². The summed E-state index contributed by atoms with van der Waals surface area (Å²) in [6.45, 7) is 5.32. The van der Waals surface area contributed by atoms with Crippen LogP contribution < -0.4 is 10.6 Å². The molecular weight excluding hydrogens is 388 g/mol. The molecule has 2 aromatic heterocycles. The van der Waals surface area contributed by atoms with Gasteiger partial charge in [0.25, 0.3) is 0 Å². The molecule has 2 aliphatic rings. The van der Waals surface area contributed by atoms with Gasteiger partial charge in [-0.25, -0.2) is 9.97 Å². The van der Waals surface area contributed by atoms with Crippen LogP contribution in [0.25, 0.3) is 0 Å². The topological polar surface area (TPSA) is 85.0 Å². The van der Waals surface area contributed by atoms with Crippen LogP contribution in [0.3, 0.4) is 0 Å². The second-order valence-electron chi connectivity index (χ2n) is 8.61. The van der Waals surface area contributed by atoms with Crippen LogP contribution >= 0.6 is 0 Å². The average Bonchev–Trinajstić information content (AvgIpc) is 3.55. The monoisotopic (exact) mass is 418 g/mol. The molecule has 2 fully saturated rings. The number of nitrogens with zero attached hydrogens (tertiary/aromatic N) is 5. The normalized spacial score (nSPS) is 18.6. The van der Waals surface area contributed by atoms with Crippen molar-refractivity contribution in [2.24, 2.45) is 0 Å². The highest BCUT2D eigenvalue weighted by molar-refractivity contribution is 5.56. The molecule has 3 aromatic rings. The third-order valence-electron chi connectivity index (χ3n) is 6.10. The zero-order chi connectivity index (χ0) is 21.0. The summed E-state index contributed by atoms with van der Waals surface area (Å²) in [5.74, 6) is 2.98. The number of anilines is 3. The van der Waals surface area contributed by atoms with Gasteiger partial charge in [0.05, 0.1) is 6.04 Å². The van der Waals surface area contributed by atoms with Crippen molar-refractivity contribution in [3.05, 3.63) is 60.0 Å². The van der Waals surface area contributed by atoms with Gasteiger partial charge in [0.2, 0.25) is 0 Å².